The second kappa shape index (κ2) is 7.40. The van der Waals surface area contributed by atoms with Gasteiger partial charge in [0, 0.05) is 19.1 Å². The third-order valence-corrected chi connectivity index (χ3v) is 4.99. The fraction of sp³-hybridized carbons (Fsp3) is 0.714. The first-order valence-corrected chi connectivity index (χ1v) is 8.92. The van der Waals surface area contributed by atoms with Gasteiger partial charge in [-0.25, -0.2) is 13.1 Å². The van der Waals surface area contributed by atoms with E-state index in [-0.39, 0.29) is 17.1 Å². The minimum Gasteiger partial charge on any atom is -0.447 e. The largest absolute Gasteiger partial charge is 0.447 e. The SMILES string of the molecule is CCCNCc1ccc(S(=O)(=O)NCC2CCOC2C)o1. The first-order chi connectivity index (χ1) is 10.0. The summed E-state index contributed by atoms with van der Waals surface area (Å²) in [5.41, 5.74) is 0. The van der Waals surface area contributed by atoms with Gasteiger partial charge in [-0.2, -0.15) is 0 Å². The van der Waals surface area contributed by atoms with Gasteiger partial charge >= 0.3 is 0 Å². The van der Waals surface area contributed by atoms with Crippen molar-refractivity contribution in [2.45, 2.75) is 44.4 Å². The van der Waals surface area contributed by atoms with Gasteiger partial charge in [0.1, 0.15) is 5.76 Å². The number of sulfonamides is 1. The van der Waals surface area contributed by atoms with Crippen LogP contribution in [0.1, 0.15) is 32.4 Å². The van der Waals surface area contributed by atoms with Crippen molar-refractivity contribution in [2.75, 3.05) is 19.7 Å². The fourth-order valence-corrected chi connectivity index (χ4v) is 3.36. The Labute approximate surface area is 126 Å². The minimum absolute atomic E-state index is 0.0256. The lowest BCUT2D eigenvalue weighted by Gasteiger charge is -2.14. The number of nitrogens with one attached hydrogen (secondary N) is 2. The van der Waals surface area contributed by atoms with Gasteiger partial charge in [0.15, 0.2) is 0 Å². The van der Waals surface area contributed by atoms with E-state index in [0.717, 1.165) is 19.4 Å². The topological polar surface area (TPSA) is 80.6 Å². The number of ether oxygens (including phenoxy) is 1. The maximum atomic E-state index is 12.2. The van der Waals surface area contributed by atoms with E-state index in [1.54, 1.807) is 6.07 Å². The molecule has 1 aromatic rings. The summed E-state index contributed by atoms with van der Waals surface area (Å²) < 4.78 is 37.8. The summed E-state index contributed by atoms with van der Waals surface area (Å²) in [6.45, 7) is 6.53. The molecule has 2 heterocycles. The molecule has 21 heavy (non-hydrogen) atoms. The van der Waals surface area contributed by atoms with Crippen LogP contribution in [0.3, 0.4) is 0 Å². The van der Waals surface area contributed by atoms with Gasteiger partial charge in [0.2, 0.25) is 5.09 Å². The van der Waals surface area contributed by atoms with Gasteiger partial charge < -0.3 is 14.5 Å². The highest BCUT2D eigenvalue weighted by molar-refractivity contribution is 7.89. The molecule has 6 nitrogen and oxygen atoms in total. The summed E-state index contributed by atoms with van der Waals surface area (Å²) >= 11 is 0. The zero-order chi connectivity index (χ0) is 15.3. The minimum atomic E-state index is -3.58. The lowest BCUT2D eigenvalue weighted by molar-refractivity contribution is 0.107. The Bertz CT molecular complexity index is 541. The average molecular weight is 316 g/mol. The molecule has 7 heteroatoms. The van der Waals surface area contributed by atoms with Crippen LogP contribution in [0.5, 0.6) is 0 Å². The molecule has 2 unspecified atom stereocenters. The monoisotopic (exact) mass is 316 g/mol. The van der Waals surface area contributed by atoms with Crippen LogP contribution in [-0.2, 0) is 21.3 Å². The number of rotatable bonds is 8. The molecule has 120 valence electrons. The van der Waals surface area contributed by atoms with Gasteiger partial charge in [0.05, 0.1) is 12.6 Å². The Morgan fingerprint density at radius 1 is 1.38 bits per heavy atom. The van der Waals surface area contributed by atoms with Gasteiger partial charge in [-0.05, 0) is 38.4 Å². The molecule has 1 aliphatic rings. The molecule has 0 aliphatic carbocycles. The van der Waals surface area contributed by atoms with Gasteiger partial charge in [-0.3, -0.25) is 0 Å². The molecule has 0 bridgehead atoms. The molecule has 0 spiro atoms. The van der Waals surface area contributed by atoms with E-state index >= 15 is 0 Å². The van der Waals surface area contributed by atoms with E-state index in [4.69, 9.17) is 9.15 Å². The number of furan rings is 1. The number of hydrogen-bond acceptors (Lipinski definition) is 5. The van der Waals surface area contributed by atoms with Crippen LogP contribution in [-0.4, -0.2) is 34.2 Å². The fourth-order valence-electron chi connectivity index (χ4n) is 2.32. The van der Waals surface area contributed by atoms with E-state index in [1.807, 2.05) is 6.92 Å². The molecule has 0 amide bonds. The Morgan fingerprint density at radius 3 is 2.86 bits per heavy atom. The van der Waals surface area contributed by atoms with E-state index in [2.05, 4.69) is 17.0 Å². The molecule has 1 saturated heterocycles. The van der Waals surface area contributed by atoms with Crippen molar-refractivity contribution < 1.29 is 17.6 Å². The third kappa shape index (κ3) is 4.54. The summed E-state index contributed by atoms with van der Waals surface area (Å²) in [5, 5.41) is 3.15. The average Bonchev–Trinajstić information content (AvgIpc) is 3.06. The van der Waals surface area contributed by atoms with Crippen LogP contribution >= 0.6 is 0 Å². The van der Waals surface area contributed by atoms with Crippen molar-refractivity contribution in [3.63, 3.8) is 0 Å². The molecular weight excluding hydrogens is 292 g/mol. The van der Waals surface area contributed by atoms with E-state index in [9.17, 15) is 8.42 Å². The standard InChI is InChI=1S/C14H24N2O4S/c1-3-7-15-10-13-4-5-14(20-13)21(17,18)16-9-12-6-8-19-11(12)2/h4-5,11-12,15-16H,3,6-10H2,1-2H3. The van der Waals surface area contributed by atoms with E-state index in [1.165, 1.54) is 6.07 Å². The molecule has 2 atom stereocenters. The van der Waals surface area contributed by atoms with Crippen molar-refractivity contribution in [3.05, 3.63) is 17.9 Å². The molecule has 1 aliphatic heterocycles. The van der Waals surface area contributed by atoms with Crippen molar-refractivity contribution in [1.82, 2.24) is 10.0 Å². The molecule has 0 saturated carbocycles. The first-order valence-electron chi connectivity index (χ1n) is 7.43. The van der Waals surface area contributed by atoms with E-state index in [0.29, 0.717) is 25.5 Å². The molecule has 1 aromatic heterocycles. The molecule has 1 fully saturated rings. The molecule has 2 N–H and O–H groups in total. The normalized spacial score (nSPS) is 22.8. The zero-order valence-corrected chi connectivity index (χ0v) is 13.4. The van der Waals surface area contributed by atoms with Crippen molar-refractivity contribution in [3.8, 4) is 0 Å². The summed E-state index contributed by atoms with van der Waals surface area (Å²) in [7, 11) is -3.58. The van der Waals surface area contributed by atoms with Gasteiger partial charge in [0.25, 0.3) is 10.0 Å². The quantitative estimate of drug-likeness (QED) is 0.710. The maximum Gasteiger partial charge on any atom is 0.273 e. The van der Waals surface area contributed by atoms with Crippen molar-refractivity contribution in [2.24, 2.45) is 5.92 Å². The van der Waals surface area contributed by atoms with Crippen LogP contribution < -0.4 is 10.0 Å². The predicted octanol–water partition coefficient (Wildman–Crippen LogP) is 1.48. The molecule has 2 rings (SSSR count). The van der Waals surface area contributed by atoms with Gasteiger partial charge in [-0.15, -0.1) is 0 Å². The molecule has 0 aromatic carbocycles. The zero-order valence-electron chi connectivity index (χ0n) is 12.6. The highest BCUT2D eigenvalue weighted by Crippen LogP contribution is 2.20. The summed E-state index contributed by atoms with van der Waals surface area (Å²) in [6, 6.07) is 3.19. The third-order valence-electron chi connectivity index (χ3n) is 3.70. The van der Waals surface area contributed by atoms with Crippen molar-refractivity contribution in [1.29, 1.82) is 0 Å². The number of hydrogen-bond donors (Lipinski definition) is 2. The van der Waals surface area contributed by atoms with Gasteiger partial charge in [-0.1, -0.05) is 6.92 Å². The summed E-state index contributed by atoms with van der Waals surface area (Å²) in [4.78, 5) is 0. The van der Waals surface area contributed by atoms with Crippen LogP contribution in [0.25, 0.3) is 0 Å². The van der Waals surface area contributed by atoms with E-state index < -0.39 is 10.0 Å². The first kappa shape index (κ1) is 16.5. The highest BCUT2D eigenvalue weighted by atomic mass is 32.2. The Kier molecular flexibility index (Phi) is 5.80. The van der Waals surface area contributed by atoms with Crippen molar-refractivity contribution >= 4 is 10.0 Å². The summed E-state index contributed by atoms with van der Waals surface area (Å²) in [6.07, 6.45) is 2.00. The Hall–Kier alpha value is -0.890. The Morgan fingerprint density at radius 2 is 2.19 bits per heavy atom. The van der Waals surface area contributed by atoms with Crippen LogP contribution in [0.2, 0.25) is 0 Å². The smallest absolute Gasteiger partial charge is 0.273 e. The molecular formula is C14H24N2O4S. The summed E-state index contributed by atoms with van der Waals surface area (Å²) in [5.74, 6) is 0.849. The molecule has 0 radical (unpaired) electrons. The highest BCUT2D eigenvalue weighted by Gasteiger charge is 2.27. The second-order valence-electron chi connectivity index (χ2n) is 5.37. The lowest BCUT2D eigenvalue weighted by atomic mass is 10.0. The lowest BCUT2D eigenvalue weighted by Crippen LogP contribution is -2.31. The maximum absolute atomic E-state index is 12.2. The van der Waals surface area contributed by atoms with Crippen LogP contribution in [0.15, 0.2) is 21.6 Å². The second-order valence-corrected chi connectivity index (χ2v) is 7.07. The van der Waals surface area contributed by atoms with Crippen LogP contribution in [0.4, 0.5) is 0 Å². The van der Waals surface area contributed by atoms with Crippen LogP contribution in [0, 0.1) is 5.92 Å². The predicted molar refractivity (Wildman–Crippen MR) is 79.4 cm³/mol. The Balaban J connectivity index is 1.89.